The average Bonchev–Trinajstić information content (AvgIpc) is 1.63. The van der Waals surface area contributed by atoms with Gasteiger partial charge < -0.3 is 52.7 Å². The second kappa shape index (κ2) is 50.4. The third kappa shape index (κ3) is 30.4. The van der Waals surface area contributed by atoms with Crippen LogP contribution in [0.25, 0.3) is 16.6 Å². The first-order valence-corrected chi connectivity index (χ1v) is 42.7. The number of aromatic hydroxyl groups is 1. The molecule has 0 aliphatic heterocycles. The van der Waals surface area contributed by atoms with Gasteiger partial charge in [0.1, 0.15) is 48.2 Å². The van der Waals surface area contributed by atoms with Crippen molar-refractivity contribution < 1.29 is 111 Å². The molecular formula is C101H106F6N6O17S. The van der Waals surface area contributed by atoms with E-state index in [1.165, 1.54) is 4.68 Å². The molecule has 0 spiro atoms. The molecule has 8 heterocycles. The van der Waals surface area contributed by atoms with Gasteiger partial charge in [-0.05, 0) is 232 Å². The minimum Gasteiger partial charge on any atom is -0.744 e. The van der Waals surface area contributed by atoms with Crippen LogP contribution in [0.5, 0.6) is 29.4 Å². The number of esters is 4. The molecule has 14 aromatic rings. The number of rotatable bonds is 21. The Morgan fingerprint density at radius 2 is 0.824 bits per heavy atom. The molecule has 0 bridgehead atoms. The SMILES string of the molecule is CC#CC(=O)OCC.CCOC(=O)c1c(C)cn2c(O)cc(C)cc12.CCOC(=O)c1c(C)cn2c(OCc3c(F)ccc(F)c3F)cc(C)cc12.CCOC(=O)c1c(C)cn2c(OCc3ccccc3)cc(C)cc12.Cc1cc(C)c(S(=O)(=O)[O-])c(C)c1.Cc1cc[n+](N)c(OCc2ccccc2)c1.Cc1ccnc(OCc2ccccc2)c1.OCc1c(F)ccc(F)c1F. The van der Waals surface area contributed by atoms with Crippen LogP contribution in [-0.4, -0.2) is 91.7 Å². The second-order valence-electron chi connectivity index (χ2n) is 29.4. The molecule has 30 heteroatoms. The number of aromatic nitrogens is 5. The minimum absolute atomic E-state index is 0.0851. The summed E-state index contributed by atoms with van der Waals surface area (Å²) < 4.78 is 160. The normalized spacial score (nSPS) is 10.4. The fourth-order valence-corrected chi connectivity index (χ4v) is 13.9. The van der Waals surface area contributed by atoms with E-state index in [9.17, 15) is 63.6 Å². The molecule has 0 saturated carbocycles. The van der Waals surface area contributed by atoms with Crippen LogP contribution in [0, 0.1) is 123 Å². The van der Waals surface area contributed by atoms with Crippen LogP contribution >= 0.6 is 0 Å². The average molecular weight is 1820 g/mol. The van der Waals surface area contributed by atoms with Crippen LogP contribution in [0.4, 0.5) is 26.3 Å². The smallest absolute Gasteiger partial charge is 0.397 e. The highest BCUT2D eigenvalue weighted by Crippen LogP contribution is 2.32. The second-order valence-corrected chi connectivity index (χ2v) is 30.7. The van der Waals surface area contributed by atoms with E-state index in [2.05, 4.69) is 21.6 Å². The number of pyridine rings is 5. The molecule has 690 valence electrons. The Kier molecular flexibility index (Phi) is 39.9. The summed E-state index contributed by atoms with van der Waals surface area (Å²) in [6.07, 6.45) is 8.87. The maximum absolute atomic E-state index is 13.9. The topological polar surface area (TPSA) is 296 Å². The molecule has 0 atom stereocenters. The molecule has 131 heavy (non-hydrogen) atoms. The highest BCUT2D eigenvalue weighted by molar-refractivity contribution is 7.85. The summed E-state index contributed by atoms with van der Waals surface area (Å²) in [4.78, 5) is 50.7. The number of aliphatic hydroxyl groups excluding tert-OH is 1. The lowest BCUT2D eigenvalue weighted by Crippen LogP contribution is -2.45. The van der Waals surface area contributed by atoms with E-state index in [4.69, 9.17) is 44.1 Å². The Morgan fingerprint density at radius 1 is 0.443 bits per heavy atom. The van der Waals surface area contributed by atoms with E-state index in [0.29, 0.717) is 108 Å². The predicted octanol–water partition coefficient (Wildman–Crippen LogP) is 19.7. The third-order valence-electron chi connectivity index (χ3n) is 18.9. The van der Waals surface area contributed by atoms with Gasteiger partial charge in [-0.15, -0.1) is 0 Å². The monoisotopic (exact) mass is 1820 g/mol. The summed E-state index contributed by atoms with van der Waals surface area (Å²) in [7, 11) is -4.33. The molecule has 0 amide bonds. The van der Waals surface area contributed by atoms with Crippen molar-refractivity contribution in [1.29, 1.82) is 0 Å². The summed E-state index contributed by atoms with van der Waals surface area (Å²) in [6.45, 7) is 30.5. The number of hydrogen-bond acceptors (Lipinski definition) is 19. The van der Waals surface area contributed by atoms with Crippen molar-refractivity contribution in [2.75, 3.05) is 32.3 Å². The number of carbonyl (C=O) groups is 4. The molecule has 23 nitrogen and oxygen atoms in total. The molecule has 0 aliphatic carbocycles. The number of fused-ring (bicyclic) bond motifs is 3. The Morgan fingerprint density at radius 3 is 1.24 bits per heavy atom. The maximum Gasteiger partial charge on any atom is 0.397 e. The van der Waals surface area contributed by atoms with Crippen LogP contribution in [0.2, 0.25) is 0 Å². The van der Waals surface area contributed by atoms with Crippen molar-refractivity contribution in [1.82, 2.24) is 18.2 Å². The number of nitrogen functional groups attached to an aromatic ring is 1. The molecule has 8 aromatic heterocycles. The van der Waals surface area contributed by atoms with Gasteiger partial charge in [-0.3, -0.25) is 13.2 Å². The molecule has 4 N–H and O–H groups in total. The zero-order valence-electron chi connectivity index (χ0n) is 75.7. The van der Waals surface area contributed by atoms with E-state index in [1.54, 1.807) is 119 Å². The first-order valence-electron chi connectivity index (χ1n) is 41.3. The molecule has 6 aromatic carbocycles. The molecule has 0 radical (unpaired) electrons. The van der Waals surface area contributed by atoms with Crippen molar-refractivity contribution in [3.05, 3.63) is 360 Å². The van der Waals surface area contributed by atoms with E-state index in [0.717, 1.165) is 84.9 Å². The highest BCUT2D eigenvalue weighted by atomic mass is 32.2. The molecule has 0 fully saturated rings. The summed E-state index contributed by atoms with van der Waals surface area (Å²) >= 11 is 0. The number of aryl methyl sites for hydroxylation is 11. The Balaban J connectivity index is 0.000000210. The zero-order chi connectivity index (χ0) is 96.3. The van der Waals surface area contributed by atoms with Gasteiger partial charge in [-0.1, -0.05) is 119 Å². The number of aliphatic hydroxyl groups is 1. The van der Waals surface area contributed by atoms with Crippen LogP contribution in [-0.2, 0) is 66.9 Å². The standard InChI is InChI=1S/C20H18F3NO3.C20H21NO3.C13H15N2O.C13H15NO3.C13H13NO.C9H12O3S.C7H5F3O.C6H8O2/c1-4-26-20(25)18-12(3)9-24-16(18)7-11(2)8-17(24)27-10-13-14(21)5-6-15(22)19(13)23;1-4-23-20(22)19-15(3)12-21-17(19)10-14(2)11-18(21)24-13-16-8-6-5-7-9-16;1-11-7-8-15(14)13(9-11)16-10-12-5-3-2-4-6-12;1-4-17-13(16)12-9(3)7-14-10(12)5-8(2)6-11(14)15;1-11-7-8-14-13(9-11)15-10-12-5-3-2-4-6-12;1-6-4-7(2)9(8(3)5-6)13(10,11)12;8-5-1-2-6(9)7(10)4(5)3-11;1-3-5-6(7)8-4-2/h5-9H,4,10H2,1-3H3;5-12H,4,13H2,1-3H3;2-9H,10,14H2,1H3;5-7,15H,4H2,1-3H3;2-9H,10H2,1H3;4-5H,1-3H3,(H,10,11,12);1-2,11H,3H2;4H2,1-2H3/q;;+1;;;;;/p-1. The van der Waals surface area contributed by atoms with E-state index in [-0.39, 0.29) is 35.2 Å². The van der Waals surface area contributed by atoms with Gasteiger partial charge in [0, 0.05) is 61.0 Å². The zero-order valence-corrected chi connectivity index (χ0v) is 76.5. The van der Waals surface area contributed by atoms with E-state index in [1.807, 2.05) is 199 Å². The Hall–Kier alpha value is -14.4. The number of nitrogens with two attached hydrogens (primary N) is 1. The molecule has 0 saturated heterocycles. The van der Waals surface area contributed by atoms with Gasteiger partial charge in [-0.25, -0.2) is 64.8 Å². The van der Waals surface area contributed by atoms with Gasteiger partial charge in [-0.2, -0.15) is 0 Å². The van der Waals surface area contributed by atoms with Crippen molar-refractivity contribution in [3.8, 4) is 41.2 Å². The van der Waals surface area contributed by atoms with Gasteiger partial charge >= 0.3 is 29.8 Å². The number of ether oxygens (including phenoxy) is 8. The molecule has 0 aliphatic rings. The van der Waals surface area contributed by atoms with E-state index >= 15 is 0 Å². The van der Waals surface area contributed by atoms with Gasteiger partial charge in [0.2, 0.25) is 12.1 Å². The predicted molar refractivity (Wildman–Crippen MR) is 485 cm³/mol. The maximum atomic E-state index is 13.9. The first kappa shape index (κ1) is 104. The third-order valence-corrected chi connectivity index (χ3v) is 20.0. The van der Waals surface area contributed by atoms with Crippen LogP contribution in [0.3, 0.4) is 0 Å². The molecule has 0 unspecified atom stereocenters. The summed E-state index contributed by atoms with van der Waals surface area (Å²) in [6, 6.07) is 55.2. The summed E-state index contributed by atoms with van der Waals surface area (Å²) in [5.74, 6) is 4.57. The van der Waals surface area contributed by atoms with Gasteiger partial charge in [0.25, 0.3) is 0 Å². The van der Waals surface area contributed by atoms with E-state index < -0.39 is 81.3 Å². The van der Waals surface area contributed by atoms with Crippen molar-refractivity contribution in [2.45, 2.75) is 149 Å². The number of nitrogens with zero attached hydrogens (tertiary/aromatic N) is 5. The lowest BCUT2D eigenvalue weighted by molar-refractivity contribution is -0.645. The molecular weight excluding hydrogens is 1720 g/mol. The van der Waals surface area contributed by atoms with Crippen molar-refractivity contribution in [2.24, 2.45) is 0 Å². The number of halogens is 6. The highest BCUT2D eigenvalue weighted by Gasteiger charge is 2.24. The van der Waals surface area contributed by atoms with Crippen LogP contribution in [0.1, 0.15) is 155 Å². The van der Waals surface area contributed by atoms with Gasteiger partial charge in [0.15, 0.2) is 40.9 Å². The van der Waals surface area contributed by atoms with Crippen LogP contribution < -0.4 is 29.5 Å². The lowest BCUT2D eigenvalue weighted by Gasteiger charge is -2.14. The number of hydrogen-bond donors (Lipinski definition) is 3. The fraction of sp³-hybridized carbons (Fsp3) is 0.248. The van der Waals surface area contributed by atoms with Gasteiger partial charge in [0.05, 0.1) is 88.4 Å². The largest absolute Gasteiger partial charge is 0.744 e. The quantitative estimate of drug-likeness (QED) is 0.00693. The lowest BCUT2D eigenvalue weighted by atomic mass is 10.1. The Labute approximate surface area is 757 Å². The first-order chi connectivity index (χ1) is 62.4. The van der Waals surface area contributed by atoms with Crippen molar-refractivity contribution >= 4 is 50.5 Å². The fourth-order valence-electron chi connectivity index (χ4n) is 13.0. The number of carbonyl (C=O) groups excluding carboxylic acids is 4. The Bertz CT molecular complexity index is 6420. The molecule has 14 rings (SSSR count). The minimum atomic E-state index is -4.33. The number of benzene rings is 6. The van der Waals surface area contributed by atoms with Crippen LogP contribution in [0.15, 0.2) is 224 Å². The summed E-state index contributed by atoms with van der Waals surface area (Å²) in [5.41, 5.74) is 15.2. The van der Waals surface area contributed by atoms with Crippen molar-refractivity contribution in [3.63, 3.8) is 0 Å². The summed E-state index contributed by atoms with van der Waals surface area (Å²) in [5, 5.41) is 18.2.